The Morgan fingerprint density at radius 2 is 0.655 bits per heavy atom. The van der Waals surface area contributed by atoms with Gasteiger partial charge in [-0.3, -0.25) is 0 Å². The Balaban J connectivity index is -0.000000380. The molecule has 6 heteroatoms. The molecule has 0 aliphatic heterocycles. The molecule has 0 amide bonds. The molecule has 0 aliphatic rings. The molecule has 0 N–H and O–H groups in total. The molecule has 0 aromatic heterocycles. The van der Waals surface area contributed by atoms with Crippen LogP contribution in [0.15, 0.2) is 28.3 Å². The molecular formula is C23H47N5W-4. The minimum atomic E-state index is 0.00387. The molecule has 0 saturated carbocycles. The zero-order valence-electron chi connectivity index (χ0n) is 21.5. The van der Waals surface area contributed by atoms with E-state index >= 15 is 0 Å². The summed E-state index contributed by atoms with van der Waals surface area (Å²) in [4.78, 5) is 0. The Labute approximate surface area is 194 Å². The van der Waals surface area contributed by atoms with E-state index in [4.69, 9.17) is 0 Å². The third kappa shape index (κ3) is 46.8. The van der Waals surface area contributed by atoms with E-state index < -0.39 is 0 Å². The van der Waals surface area contributed by atoms with E-state index in [0.29, 0.717) is 6.04 Å². The van der Waals surface area contributed by atoms with Gasteiger partial charge in [-0.1, -0.05) is 83.1 Å². The van der Waals surface area contributed by atoms with E-state index in [0.717, 1.165) is 0 Å². The van der Waals surface area contributed by atoms with Crippen molar-refractivity contribution < 1.29 is 19.6 Å². The molecule has 174 valence electrons. The molecule has 5 nitrogen and oxygen atoms in total. The minimum absolute atomic E-state index is 0.00387. The summed E-state index contributed by atoms with van der Waals surface area (Å²) in [6, 6.07) is 0.546. The number of nitrogens with zero attached hydrogens (tertiary/aromatic N) is 5. The van der Waals surface area contributed by atoms with Gasteiger partial charge in [-0.2, -0.15) is 0 Å². The Morgan fingerprint density at radius 3 is 0.724 bits per heavy atom. The summed E-state index contributed by atoms with van der Waals surface area (Å²) in [7, 11) is 0. The summed E-state index contributed by atoms with van der Waals surface area (Å²) in [5, 5.41) is 17.1. The first kappa shape index (κ1) is 32.8. The Hall–Kier alpha value is -0.832. The zero-order chi connectivity index (χ0) is 23.9. The summed E-state index contributed by atoms with van der Waals surface area (Å²) in [5.41, 5.74) is 0.0155. The van der Waals surface area contributed by atoms with Crippen molar-refractivity contribution in [2.75, 3.05) is 0 Å². The van der Waals surface area contributed by atoms with Crippen LogP contribution < -0.4 is 0 Å². The molecule has 0 rings (SSSR count). The van der Waals surface area contributed by atoms with E-state index in [2.05, 4.69) is 122 Å². The van der Waals surface area contributed by atoms with Gasteiger partial charge in [0, 0.05) is 0 Å². The zero-order valence-corrected chi connectivity index (χ0v) is 24.5. The summed E-state index contributed by atoms with van der Waals surface area (Å²) in [6.45, 7) is 28.9. The van der Waals surface area contributed by atoms with Crippen LogP contribution in [-0.4, -0.2) is 28.2 Å². The molecular weight excluding hydrogens is 530 g/mol. The van der Waals surface area contributed by atoms with E-state index in [-0.39, 0.29) is 22.2 Å². The molecule has 0 aromatic carbocycles. The number of rotatable bonds is 5. The predicted octanol–water partition coefficient (Wildman–Crippen LogP) is 8.73. The predicted molar refractivity (Wildman–Crippen MR) is 128 cm³/mol. The van der Waals surface area contributed by atoms with Crippen LogP contribution in [0, 0.1) is 0 Å². The fourth-order valence-electron chi connectivity index (χ4n) is 1.03. The van der Waals surface area contributed by atoms with Gasteiger partial charge in [0.15, 0.2) is 0 Å². The van der Waals surface area contributed by atoms with E-state index in [1.165, 1.54) is 19.6 Å². The van der Waals surface area contributed by atoms with Gasteiger partial charge in [0.25, 0.3) is 0 Å². The normalized spacial score (nSPS) is 12.7. The third-order valence-electron chi connectivity index (χ3n) is 2.19. The molecule has 0 spiro atoms. The summed E-state index contributed by atoms with van der Waals surface area (Å²) in [6.07, 6.45) is 7.08. The second kappa shape index (κ2) is 15.0. The average Bonchev–Trinajstić information content (AvgIpc) is 2.46. The third-order valence-corrected chi connectivity index (χ3v) is 3.71. The second-order valence-corrected chi connectivity index (χ2v) is 11.8. The van der Waals surface area contributed by atoms with Gasteiger partial charge in [-0.25, -0.2) is 24.8 Å². The van der Waals surface area contributed by atoms with Crippen molar-refractivity contribution in [1.82, 2.24) is 0 Å². The quantitative estimate of drug-likeness (QED) is 0.314. The van der Waals surface area contributed by atoms with Gasteiger partial charge < -0.3 is 21.3 Å². The van der Waals surface area contributed by atoms with Gasteiger partial charge in [0.05, 0.1) is 0 Å². The monoisotopic (exact) mass is 577 g/mol. The fraction of sp³-hybridized carbons (Fsp3) is 0.826. The second-order valence-electron chi connectivity index (χ2n) is 11.0. The fourth-order valence-corrected chi connectivity index (χ4v) is 1.03. The summed E-state index contributed by atoms with van der Waals surface area (Å²) in [5.74, 6) is 0. The van der Waals surface area contributed by atoms with Crippen LogP contribution in [0.4, 0.5) is 0 Å². The Morgan fingerprint density at radius 1 is 0.517 bits per heavy atom. The standard InChI is InChI=1S/2C10H20N2.C3H7N.W/c2*1-9(2,3)11-7-8-12-10(4,5)6;1-3(2)4;/h2*7-8H,1-6H3;3H,1-2H3;/q2*-2;;/b2*8-7-;;. The van der Waals surface area contributed by atoms with Crippen molar-refractivity contribution in [3.63, 3.8) is 0 Å². The van der Waals surface area contributed by atoms with Crippen LogP contribution in [0.5, 0.6) is 0 Å². The number of hydrogen-bond acceptors (Lipinski definition) is 1. The van der Waals surface area contributed by atoms with Crippen LogP contribution in [0.25, 0.3) is 21.3 Å². The molecule has 0 radical (unpaired) electrons. The van der Waals surface area contributed by atoms with Crippen LogP contribution >= 0.6 is 0 Å². The number of hydrogen-bond donors (Lipinski definition) is 0. The SMILES string of the molecule is CC(C)(C)[N-]/C=C\[N-]C(C)(C)C.CC(C)(C)[N-]/C=C\[N-]C(C)(C)C.CC(C)[N]=[W]. The van der Waals surface area contributed by atoms with Crippen molar-refractivity contribution in [2.24, 2.45) is 3.50 Å². The molecule has 0 unspecified atom stereocenters. The molecule has 29 heavy (non-hydrogen) atoms. The van der Waals surface area contributed by atoms with Crippen LogP contribution in [0.1, 0.15) is 96.9 Å². The molecule has 0 bridgehead atoms. The van der Waals surface area contributed by atoms with Gasteiger partial charge in [-0.15, -0.1) is 22.2 Å². The molecule has 0 atom stereocenters. The summed E-state index contributed by atoms with van der Waals surface area (Å²) < 4.78 is 3.97. The Bertz CT molecular complexity index is 382. The van der Waals surface area contributed by atoms with Crippen molar-refractivity contribution in [2.45, 2.75) is 125 Å². The maximum absolute atomic E-state index is 4.29. The molecule has 0 saturated heterocycles. The molecule has 0 heterocycles. The van der Waals surface area contributed by atoms with Crippen molar-refractivity contribution >= 4 is 0 Å². The topological polar surface area (TPSA) is 68.8 Å². The van der Waals surface area contributed by atoms with Crippen molar-refractivity contribution in [1.29, 1.82) is 0 Å². The molecule has 0 fully saturated rings. The van der Waals surface area contributed by atoms with E-state index in [1.54, 1.807) is 24.8 Å². The first-order chi connectivity index (χ1) is 12.7. The van der Waals surface area contributed by atoms with Crippen LogP contribution in [-0.2, 0) is 19.6 Å². The van der Waals surface area contributed by atoms with Gasteiger partial charge in [-0.05, 0) is 0 Å². The van der Waals surface area contributed by atoms with Crippen LogP contribution in [0.2, 0.25) is 0 Å². The Kier molecular flexibility index (Phi) is 17.0. The van der Waals surface area contributed by atoms with Crippen LogP contribution in [0.3, 0.4) is 0 Å². The van der Waals surface area contributed by atoms with E-state index in [9.17, 15) is 0 Å². The van der Waals surface area contributed by atoms with Gasteiger partial charge in [0.1, 0.15) is 0 Å². The average molecular weight is 578 g/mol. The van der Waals surface area contributed by atoms with E-state index in [1.807, 2.05) is 0 Å². The molecule has 0 aromatic rings. The summed E-state index contributed by atoms with van der Waals surface area (Å²) >= 11 is 1.33. The van der Waals surface area contributed by atoms with Gasteiger partial charge >= 0.3 is 43.0 Å². The van der Waals surface area contributed by atoms with Gasteiger partial charge in [0.2, 0.25) is 0 Å². The maximum atomic E-state index is 4.29. The molecule has 0 aliphatic carbocycles. The first-order valence-corrected chi connectivity index (χ1v) is 11.5. The first-order valence-electron chi connectivity index (χ1n) is 10.2. The van der Waals surface area contributed by atoms with Crippen molar-refractivity contribution in [3.05, 3.63) is 46.1 Å². The van der Waals surface area contributed by atoms with Crippen molar-refractivity contribution in [3.8, 4) is 0 Å².